The van der Waals surface area contributed by atoms with E-state index in [9.17, 15) is 4.79 Å². The van der Waals surface area contributed by atoms with Crippen LogP contribution in [-0.2, 0) is 24.1 Å². The smallest absolute Gasteiger partial charge is 0.223 e. The Morgan fingerprint density at radius 3 is 1.86 bits per heavy atom. The highest BCUT2D eigenvalue weighted by Gasteiger charge is 2.29. The van der Waals surface area contributed by atoms with Crippen molar-refractivity contribution in [3.8, 4) is 23.0 Å². The summed E-state index contributed by atoms with van der Waals surface area (Å²) in [5.41, 5.74) is 5.12. The lowest BCUT2D eigenvalue weighted by Gasteiger charge is -2.34. The summed E-state index contributed by atoms with van der Waals surface area (Å²) in [6.07, 6.45) is 3.24. The molecule has 0 spiro atoms. The van der Waals surface area contributed by atoms with Gasteiger partial charge in [0.15, 0.2) is 23.0 Å². The number of hydrogen-bond acceptors (Lipinski definition) is 6. The fourth-order valence-corrected chi connectivity index (χ4v) is 5.11. The van der Waals surface area contributed by atoms with E-state index in [-0.39, 0.29) is 18.3 Å². The third-order valence-corrected chi connectivity index (χ3v) is 7.15. The highest BCUT2D eigenvalue weighted by molar-refractivity contribution is 5.85. The van der Waals surface area contributed by atoms with E-state index in [1.54, 1.807) is 28.4 Å². The van der Waals surface area contributed by atoms with Crippen LogP contribution in [0.15, 0.2) is 24.3 Å². The summed E-state index contributed by atoms with van der Waals surface area (Å²) in [5, 5.41) is 0. The Morgan fingerprint density at radius 1 is 0.857 bits per heavy atom. The van der Waals surface area contributed by atoms with Crippen LogP contribution < -0.4 is 18.9 Å². The van der Waals surface area contributed by atoms with Gasteiger partial charge in [-0.1, -0.05) is 0 Å². The summed E-state index contributed by atoms with van der Waals surface area (Å²) in [5.74, 6) is 3.75. The number of fused-ring (bicyclic) bond motifs is 2. The monoisotopic (exact) mass is 504 g/mol. The van der Waals surface area contributed by atoms with Crippen molar-refractivity contribution in [2.45, 2.75) is 31.6 Å². The molecule has 35 heavy (non-hydrogen) atoms. The lowest BCUT2D eigenvalue weighted by molar-refractivity contribution is -0.131. The van der Waals surface area contributed by atoms with Crippen molar-refractivity contribution >= 4 is 18.3 Å². The van der Waals surface area contributed by atoms with Gasteiger partial charge in [-0.15, -0.1) is 12.4 Å². The molecule has 0 fully saturated rings. The zero-order valence-corrected chi connectivity index (χ0v) is 22.2. The Bertz CT molecular complexity index is 1010. The molecule has 1 amide bonds. The standard InChI is InChI=1S/C27H36N2O5.ClH/c1-28(17-21-12-20-15-25(33-4)26(34-5)16-22(20)21)9-8-27(30)29-10-6-18-13-23(31-2)24(32-3)14-19(18)7-11-29;/h13-16,21H,6-12,17H2,1-5H3;1H/t21-;/m0./s1. The van der Waals surface area contributed by atoms with Crippen LogP contribution in [0.4, 0.5) is 0 Å². The first kappa shape index (κ1) is 27.0. The molecule has 0 unspecified atom stereocenters. The Kier molecular flexibility index (Phi) is 9.14. The summed E-state index contributed by atoms with van der Waals surface area (Å²) >= 11 is 0. The fourth-order valence-electron chi connectivity index (χ4n) is 5.11. The molecule has 1 aliphatic heterocycles. The molecular weight excluding hydrogens is 468 g/mol. The van der Waals surface area contributed by atoms with E-state index in [0.717, 1.165) is 68.4 Å². The average Bonchev–Trinajstić information content (AvgIpc) is 3.06. The third kappa shape index (κ3) is 5.78. The SMILES string of the molecule is COc1cc2c(cc1OC)CCN(C(=O)CCN(C)C[C@@H]1Cc3cc(OC)c(OC)cc31)CC2.Cl. The number of methoxy groups -OCH3 is 4. The van der Waals surface area contributed by atoms with Crippen LogP contribution in [0.5, 0.6) is 23.0 Å². The predicted octanol–water partition coefficient (Wildman–Crippen LogP) is 3.73. The highest BCUT2D eigenvalue weighted by Crippen LogP contribution is 2.42. The van der Waals surface area contributed by atoms with Gasteiger partial charge in [0.1, 0.15) is 0 Å². The molecule has 4 rings (SSSR count). The van der Waals surface area contributed by atoms with E-state index in [1.165, 1.54) is 22.3 Å². The van der Waals surface area contributed by atoms with E-state index in [0.29, 0.717) is 12.3 Å². The Morgan fingerprint density at radius 2 is 1.34 bits per heavy atom. The molecule has 0 aromatic heterocycles. The Hall–Kier alpha value is -2.64. The van der Waals surface area contributed by atoms with E-state index >= 15 is 0 Å². The number of likely N-dealkylation sites (N-methyl/N-ethyl adjacent to an activating group) is 1. The normalized spacial score (nSPS) is 16.3. The molecule has 2 aromatic carbocycles. The fraction of sp³-hybridized carbons (Fsp3) is 0.519. The van der Waals surface area contributed by atoms with Crippen molar-refractivity contribution in [2.75, 3.05) is 61.7 Å². The van der Waals surface area contributed by atoms with Crippen LogP contribution in [0, 0.1) is 0 Å². The van der Waals surface area contributed by atoms with Gasteiger partial charge in [0.25, 0.3) is 0 Å². The first-order valence-corrected chi connectivity index (χ1v) is 11.9. The van der Waals surface area contributed by atoms with Gasteiger partial charge < -0.3 is 28.7 Å². The molecule has 0 saturated carbocycles. The van der Waals surface area contributed by atoms with E-state index < -0.39 is 0 Å². The third-order valence-electron chi connectivity index (χ3n) is 7.15. The quantitative estimate of drug-likeness (QED) is 0.518. The van der Waals surface area contributed by atoms with Crippen LogP contribution in [0.1, 0.15) is 34.6 Å². The van der Waals surface area contributed by atoms with Gasteiger partial charge in [-0.2, -0.15) is 0 Å². The number of rotatable bonds is 9. The van der Waals surface area contributed by atoms with Gasteiger partial charge in [0.2, 0.25) is 5.91 Å². The number of halogens is 1. The summed E-state index contributed by atoms with van der Waals surface area (Å²) < 4.78 is 21.8. The minimum absolute atomic E-state index is 0. The van der Waals surface area contributed by atoms with Gasteiger partial charge in [-0.3, -0.25) is 4.79 Å². The van der Waals surface area contributed by atoms with Crippen LogP contribution in [0.3, 0.4) is 0 Å². The Labute approximate surface area is 214 Å². The molecule has 1 aliphatic carbocycles. The van der Waals surface area contributed by atoms with Gasteiger partial charge in [0.05, 0.1) is 28.4 Å². The minimum atomic E-state index is 0. The van der Waals surface area contributed by atoms with Crippen molar-refractivity contribution in [2.24, 2.45) is 0 Å². The summed E-state index contributed by atoms with van der Waals surface area (Å²) in [6, 6.07) is 8.28. The number of carbonyl (C=O) groups excluding carboxylic acids is 1. The molecule has 0 radical (unpaired) electrons. The van der Waals surface area contributed by atoms with Gasteiger partial charge in [0, 0.05) is 38.5 Å². The van der Waals surface area contributed by atoms with Crippen molar-refractivity contribution in [3.05, 3.63) is 46.5 Å². The van der Waals surface area contributed by atoms with Crippen LogP contribution >= 0.6 is 12.4 Å². The number of ether oxygens (including phenoxy) is 4. The second-order valence-corrected chi connectivity index (χ2v) is 9.18. The molecule has 1 atom stereocenters. The van der Waals surface area contributed by atoms with Crippen LogP contribution in [0.25, 0.3) is 0 Å². The maximum atomic E-state index is 13.0. The largest absolute Gasteiger partial charge is 0.493 e. The average molecular weight is 505 g/mol. The molecule has 2 aliphatic rings. The van der Waals surface area contributed by atoms with Gasteiger partial charge in [-0.05, 0) is 72.8 Å². The molecule has 8 heteroatoms. The number of hydrogen-bond donors (Lipinski definition) is 0. The lowest BCUT2D eigenvalue weighted by Crippen LogP contribution is -2.37. The molecular formula is C27H37ClN2O5. The minimum Gasteiger partial charge on any atom is -0.493 e. The van der Waals surface area contributed by atoms with Crippen LogP contribution in [0.2, 0.25) is 0 Å². The van der Waals surface area contributed by atoms with Crippen molar-refractivity contribution in [1.82, 2.24) is 9.80 Å². The van der Waals surface area contributed by atoms with Gasteiger partial charge in [-0.25, -0.2) is 0 Å². The lowest BCUT2D eigenvalue weighted by atomic mass is 9.77. The molecule has 192 valence electrons. The zero-order chi connectivity index (χ0) is 24.2. The maximum absolute atomic E-state index is 13.0. The summed E-state index contributed by atoms with van der Waals surface area (Å²) in [4.78, 5) is 17.3. The molecule has 1 heterocycles. The first-order chi connectivity index (χ1) is 16.5. The first-order valence-electron chi connectivity index (χ1n) is 11.9. The highest BCUT2D eigenvalue weighted by atomic mass is 35.5. The summed E-state index contributed by atoms with van der Waals surface area (Å²) in [6.45, 7) is 3.16. The molecule has 2 aromatic rings. The molecule has 0 bridgehead atoms. The number of carbonyl (C=O) groups is 1. The van der Waals surface area contributed by atoms with E-state index in [4.69, 9.17) is 18.9 Å². The molecule has 0 saturated heterocycles. The second-order valence-electron chi connectivity index (χ2n) is 9.18. The predicted molar refractivity (Wildman–Crippen MR) is 139 cm³/mol. The number of amides is 1. The van der Waals surface area contributed by atoms with Crippen molar-refractivity contribution in [3.63, 3.8) is 0 Å². The number of nitrogens with zero attached hydrogens (tertiary/aromatic N) is 2. The van der Waals surface area contributed by atoms with Gasteiger partial charge >= 0.3 is 0 Å². The van der Waals surface area contributed by atoms with Crippen molar-refractivity contribution in [1.29, 1.82) is 0 Å². The zero-order valence-electron chi connectivity index (χ0n) is 21.4. The maximum Gasteiger partial charge on any atom is 0.223 e. The molecule has 0 N–H and O–H groups in total. The van der Waals surface area contributed by atoms with Crippen molar-refractivity contribution < 1.29 is 23.7 Å². The Balaban J connectivity index is 0.00000342. The molecule has 7 nitrogen and oxygen atoms in total. The number of benzene rings is 2. The summed E-state index contributed by atoms with van der Waals surface area (Å²) in [7, 11) is 8.75. The van der Waals surface area contributed by atoms with Crippen LogP contribution in [-0.4, -0.2) is 77.4 Å². The topological polar surface area (TPSA) is 60.5 Å². The second kappa shape index (κ2) is 11.9. The van der Waals surface area contributed by atoms with E-state index in [1.807, 2.05) is 4.90 Å². The van der Waals surface area contributed by atoms with E-state index in [2.05, 4.69) is 36.2 Å².